The van der Waals surface area contributed by atoms with Gasteiger partial charge in [0.15, 0.2) is 5.58 Å². The van der Waals surface area contributed by atoms with E-state index in [-0.39, 0.29) is 5.56 Å². The van der Waals surface area contributed by atoms with Crippen molar-refractivity contribution in [2.75, 3.05) is 24.6 Å². The quantitative estimate of drug-likeness (QED) is 0.932. The average molecular weight is 290 g/mol. The van der Waals surface area contributed by atoms with E-state index in [1.54, 1.807) is 6.07 Å². The van der Waals surface area contributed by atoms with E-state index in [1.165, 1.54) is 12.1 Å². The Morgan fingerprint density at radius 1 is 1.48 bits per heavy atom. The highest BCUT2D eigenvalue weighted by Crippen LogP contribution is 2.26. The predicted molar refractivity (Wildman–Crippen MR) is 77.8 cm³/mol. The van der Waals surface area contributed by atoms with E-state index in [9.17, 15) is 4.79 Å². The Kier molecular flexibility index (Phi) is 3.79. The van der Waals surface area contributed by atoms with Crippen LogP contribution in [0, 0.1) is 0 Å². The molecule has 0 bridgehead atoms. The molecule has 0 spiro atoms. The molecule has 112 valence electrons. The summed E-state index contributed by atoms with van der Waals surface area (Å²) in [6, 6.07) is 5.29. The highest BCUT2D eigenvalue weighted by atomic mass is 16.5. The normalized spacial score (nSPS) is 16.5. The zero-order valence-electron chi connectivity index (χ0n) is 11.9. The fraction of sp³-hybridized carbons (Fsp3) is 0.467. The molecule has 0 saturated carbocycles. The first kappa shape index (κ1) is 13.9. The van der Waals surface area contributed by atoms with Crippen molar-refractivity contribution in [3.05, 3.63) is 23.8 Å². The number of oxazole rings is 1. The van der Waals surface area contributed by atoms with Gasteiger partial charge in [-0.1, -0.05) is 0 Å². The number of carboxylic acid groups (broad SMARTS) is 1. The summed E-state index contributed by atoms with van der Waals surface area (Å²) >= 11 is 0. The summed E-state index contributed by atoms with van der Waals surface area (Å²) in [5, 5.41) is 8.99. The van der Waals surface area contributed by atoms with Crippen LogP contribution in [-0.4, -0.2) is 41.9 Å². The molecule has 21 heavy (non-hydrogen) atoms. The fourth-order valence-electron chi connectivity index (χ4n) is 2.63. The molecular weight excluding hydrogens is 272 g/mol. The van der Waals surface area contributed by atoms with Gasteiger partial charge in [-0.05, 0) is 38.0 Å². The Bertz CT molecular complexity index is 644. The Balaban J connectivity index is 1.77. The molecule has 1 saturated heterocycles. The first-order valence-electron chi connectivity index (χ1n) is 7.18. The lowest BCUT2D eigenvalue weighted by atomic mass is 10.1. The summed E-state index contributed by atoms with van der Waals surface area (Å²) in [6.07, 6.45) is 2.22. The molecule has 1 aliphatic rings. The van der Waals surface area contributed by atoms with Crippen LogP contribution in [0.4, 0.5) is 6.01 Å². The molecule has 0 atom stereocenters. The first-order chi connectivity index (χ1) is 10.2. The zero-order chi connectivity index (χ0) is 14.8. The summed E-state index contributed by atoms with van der Waals surface area (Å²) < 4.78 is 11.3. The molecule has 1 aliphatic heterocycles. The molecule has 0 aliphatic carbocycles. The van der Waals surface area contributed by atoms with Crippen molar-refractivity contribution in [1.82, 2.24) is 4.98 Å². The minimum absolute atomic E-state index is 0.209. The number of hydrogen-bond donors (Lipinski definition) is 1. The fourth-order valence-corrected chi connectivity index (χ4v) is 2.63. The number of aromatic carboxylic acids is 1. The number of nitrogens with zero attached hydrogens (tertiary/aromatic N) is 2. The van der Waals surface area contributed by atoms with Gasteiger partial charge < -0.3 is 19.2 Å². The van der Waals surface area contributed by atoms with Gasteiger partial charge >= 0.3 is 5.97 Å². The molecule has 1 aromatic carbocycles. The van der Waals surface area contributed by atoms with Crippen LogP contribution in [0.5, 0.6) is 0 Å². The highest BCUT2D eigenvalue weighted by molar-refractivity contribution is 5.92. The van der Waals surface area contributed by atoms with Crippen LogP contribution >= 0.6 is 0 Å². The van der Waals surface area contributed by atoms with Crippen molar-refractivity contribution in [3.63, 3.8) is 0 Å². The molecule has 1 aromatic heterocycles. The minimum atomic E-state index is -0.965. The lowest BCUT2D eigenvalue weighted by molar-refractivity contribution is 0.0453. The maximum absolute atomic E-state index is 11.0. The molecule has 2 heterocycles. The van der Waals surface area contributed by atoms with E-state index in [2.05, 4.69) is 9.88 Å². The van der Waals surface area contributed by atoms with Crippen molar-refractivity contribution >= 4 is 23.1 Å². The molecule has 1 fully saturated rings. The molecule has 3 rings (SSSR count). The van der Waals surface area contributed by atoms with E-state index in [0.717, 1.165) is 32.5 Å². The summed E-state index contributed by atoms with van der Waals surface area (Å²) in [4.78, 5) is 17.5. The lowest BCUT2D eigenvalue weighted by Crippen LogP contribution is -2.37. The van der Waals surface area contributed by atoms with E-state index < -0.39 is 5.97 Å². The first-order valence-corrected chi connectivity index (χ1v) is 7.18. The van der Waals surface area contributed by atoms with Gasteiger partial charge in [0.1, 0.15) is 5.52 Å². The number of ether oxygens (including phenoxy) is 1. The molecule has 2 aromatic rings. The molecule has 6 nitrogen and oxygen atoms in total. The molecule has 0 radical (unpaired) electrons. The Hall–Kier alpha value is -2.08. The van der Waals surface area contributed by atoms with Crippen molar-refractivity contribution < 1.29 is 19.1 Å². The third-order valence-electron chi connectivity index (χ3n) is 3.74. The number of piperidine rings is 1. The Labute approximate surface area is 122 Å². The van der Waals surface area contributed by atoms with Crippen molar-refractivity contribution in [3.8, 4) is 0 Å². The van der Waals surface area contributed by atoms with Crippen LogP contribution in [0.3, 0.4) is 0 Å². The van der Waals surface area contributed by atoms with Gasteiger partial charge in [-0.25, -0.2) is 4.79 Å². The number of aromatic nitrogens is 1. The summed E-state index contributed by atoms with van der Waals surface area (Å²) in [6.45, 7) is 4.42. The van der Waals surface area contributed by atoms with Gasteiger partial charge in [0, 0.05) is 19.7 Å². The number of benzene rings is 1. The second-order valence-corrected chi connectivity index (χ2v) is 5.13. The molecule has 6 heteroatoms. The van der Waals surface area contributed by atoms with Gasteiger partial charge in [-0.2, -0.15) is 4.98 Å². The number of fused-ring (bicyclic) bond motifs is 1. The lowest BCUT2D eigenvalue weighted by Gasteiger charge is -2.30. The predicted octanol–water partition coefficient (Wildman–Crippen LogP) is 2.53. The second-order valence-electron chi connectivity index (χ2n) is 5.13. The average Bonchev–Trinajstić information content (AvgIpc) is 2.91. The third-order valence-corrected chi connectivity index (χ3v) is 3.74. The van der Waals surface area contributed by atoms with Crippen molar-refractivity contribution in [2.24, 2.45) is 0 Å². The van der Waals surface area contributed by atoms with E-state index in [4.69, 9.17) is 14.3 Å². The second kappa shape index (κ2) is 5.73. The topological polar surface area (TPSA) is 75.8 Å². The van der Waals surface area contributed by atoms with Crippen LogP contribution in [0.1, 0.15) is 30.1 Å². The van der Waals surface area contributed by atoms with Crippen LogP contribution in [-0.2, 0) is 4.74 Å². The molecule has 0 unspecified atom stereocenters. The van der Waals surface area contributed by atoms with Gasteiger partial charge in [-0.3, -0.25) is 0 Å². The van der Waals surface area contributed by atoms with Crippen molar-refractivity contribution in [1.29, 1.82) is 0 Å². The standard InChI is InChI=1S/C15H18N2O4/c1-2-20-11-5-7-17(8-6-11)15-16-12-4-3-10(14(18)19)9-13(12)21-15/h3-4,9,11H,2,5-8H2,1H3,(H,18,19). The number of hydrogen-bond acceptors (Lipinski definition) is 5. The molecule has 1 N–H and O–H groups in total. The van der Waals surface area contributed by atoms with Crippen LogP contribution in [0.25, 0.3) is 11.1 Å². The maximum Gasteiger partial charge on any atom is 0.335 e. The largest absolute Gasteiger partial charge is 0.478 e. The SMILES string of the molecule is CCOC1CCN(c2nc3ccc(C(=O)O)cc3o2)CC1. The van der Waals surface area contributed by atoms with Crippen LogP contribution in [0.2, 0.25) is 0 Å². The molecule has 0 amide bonds. The summed E-state index contributed by atoms with van der Waals surface area (Å²) in [5.41, 5.74) is 1.40. The van der Waals surface area contributed by atoms with E-state index >= 15 is 0 Å². The van der Waals surface area contributed by atoms with Gasteiger partial charge in [0.05, 0.1) is 11.7 Å². The van der Waals surface area contributed by atoms with E-state index in [1.807, 2.05) is 6.92 Å². The number of rotatable bonds is 4. The molecular formula is C15H18N2O4. The highest BCUT2D eigenvalue weighted by Gasteiger charge is 2.23. The van der Waals surface area contributed by atoms with Crippen molar-refractivity contribution in [2.45, 2.75) is 25.9 Å². The zero-order valence-corrected chi connectivity index (χ0v) is 11.9. The van der Waals surface area contributed by atoms with Gasteiger partial charge in [0.2, 0.25) is 0 Å². The number of anilines is 1. The van der Waals surface area contributed by atoms with Crippen LogP contribution < -0.4 is 4.90 Å². The van der Waals surface area contributed by atoms with Gasteiger partial charge in [-0.15, -0.1) is 0 Å². The Morgan fingerprint density at radius 2 is 2.24 bits per heavy atom. The summed E-state index contributed by atoms with van der Waals surface area (Å²) in [7, 11) is 0. The number of carboxylic acids is 1. The van der Waals surface area contributed by atoms with Gasteiger partial charge in [0.25, 0.3) is 6.01 Å². The monoisotopic (exact) mass is 290 g/mol. The maximum atomic E-state index is 11.0. The smallest absolute Gasteiger partial charge is 0.335 e. The van der Waals surface area contributed by atoms with Crippen LogP contribution in [0.15, 0.2) is 22.6 Å². The summed E-state index contributed by atoms with van der Waals surface area (Å²) in [5.74, 6) is -0.965. The third kappa shape index (κ3) is 2.85. The minimum Gasteiger partial charge on any atom is -0.478 e. The number of carbonyl (C=O) groups is 1. The Morgan fingerprint density at radius 3 is 2.90 bits per heavy atom. The van der Waals surface area contributed by atoms with E-state index in [0.29, 0.717) is 23.2 Å².